The molecule has 1 aromatic carbocycles. The lowest BCUT2D eigenvalue weighted by atomic mass is 9.93. The van der Waals surface area contributed by atoms with E-state index in [2.05, 4.69) is 13.0 Å². The monoisotopic (exact) mass is 218 g/mol. The Hall–Kier alpha value is -1.15. The van der Waals surface area contributed by atoms with Crippen LogP contribution in [0.4, 0.5) is 0 Å². The molecular weight excluding hydrogens is 200 g/mol. The molecule has 2 rings (SSSR count). The van der Waals surface area contributed by atoms with Crippen LogP contribution in [0.2, 0.25) is 0 Å². The third kappa shape index (κ3) is 2.33. The van der Waals surface area contributed by atoms with Crippen LogP contribution in [0, 0.1) is 0 Å². The minimum Gasteiger partial charge on any atom is -0.365 e. The molecule has 1 aliphatic heterocycles. The Balaban J connectivity index is 2.15. The number of hydrogen-bond donors (Lipinski definition) is 0. The average molecular weight is 218 g/mol. The summed E-state index contributed by atoms with van der Waals surface area (Å²) in [7, 11) is 0. The zero-order valence-corrected chi connectivity index (χ0v) is 9.74. The Bertz CT molecular complexity index is 371. The topological polar surface area (TPSA) is 26.3 Å². The van der Waals surface area contributed by atoms with Crippen molar-refractivity contribution in [1.82, 2.24) is 0 Å². The van der Waals surface area contributed by atoms with E-state index in [0.717, 1.165) is 24.8 Å². The summed E-state index contributed by atoms with van der Waals surface area (Å²) >= 11 is 0. The molecule has 0 saturated heterocycles. The number of ether oxygens (including phenoxy) is 1. The Morgan fingerprint density at radius 1 is 1.44 bits per heavy atom. The molecule has 1 heterocycles. The average Bonchev–Trinajstić information content (AvgIpc) is 2.35. The van der Waals surface area contributed by atoms with E-state index in [9.17, 15) is 4.79 Å². The maximum Gasteiger partial charge on any atom is 0.166 e. The van der Waals surface area contributed by atoms with Gasteiger partial charge < -0.3 is 4.74 Å². The summed E-state index contributed by atoms with van der Waals surface area (Å²) in [5.74, 6) is 0.231. The smallest absolute Gasteiger partial charge is 0.166 e. The Labute approximate surface area is 96.6 Å². The van der Waals surface area contributed by atoms with Crippen LogP contribution in [0.25, 0.3) is 0 Å². The number of hydrogen-bond acceptors (Lipinski definition) is 2. The van der Waals surface area contributed by atoms with Gasteiger partial charge in [0.25, 0.3) is 0 Å². The number of carbonyl (C=O) groups excluding carboxylic acids is 1. The number of fused-ring (bicyclic) bond motifs is 1. The highest BCUT2D eigenvalue weighted by Gasteiger charge is 2.26. The highest BCUT2D eigenvalue weighted by molar-refractivity contribution is 5.84. The van der Waals surface area contributed by atoms with E-state index in [1.165, 1.54) is 5.56 Å². The third-order valence-corrected chi connectivity index (χ3v) is 3.06. The molecular formula is C14H18O2. The number of Topliss-reactive ketones (excluding diaryl/α,β-unsaturated/α-hetero) is 1. The SMILES string of the molecule is CCCCC(=O)C1OCCc2ccccc21. The summed E-state index contributed by atoms with van der Waals surface area (Å²) in [5, 5.41) is 0. The van der Waals surface area contributed by atoms with E-state index in [1.807, 2.05) is 18.2 Å². The molecule has 1 aromatic rings. The fraction of sp³-hybridized carbons (Fsp3) is 0.500. The highest BCUT2D eigenvalue weighted by Crippen LogP contribution is 2.28. The van der Waals surface area contributed by atoms with Crippen molar-refractivity contribution in [3.05, 3.63) is 35.4 Å². The van der Waals surface area contributed by atoms with Crippen LogP contribution in [0.3, 0.4) is 0 Å². The van der Waals surface area contributed by atoms with Crippen LogP contribution in [0.1, 0.15) is 43.4 Å². The second-order valence-corrected chi connectivity index (χ2v) is 4.27. The first-order chi connectivity index (χ1) is 7.83. The molecule has 0 aliphatic carbocycles. The van der Waals surface area contributed by atoms with Crippen LogP contribution in [-0.2, 0) is 16.0 Å². The van der Waals surface area contributed by atoms with Gasteiger partial charge in [0, 0.05) is 6.42 Å². The molecule has 1 atom stereocenters. The van der Waals surface area contributed by atoms with Crippen molar-refractivity contribution in [2.45, 2.75) is 38.7 Å². The zero-order chi connectivity index (χ0) is 11.4. The minimum atomic E-state index is -0.309. The van der Waals surface area contributed by atoms with Gasteiger partial charge in [-0.25, -0.2) is 0 Å². The molecule has 1 aliphatic rings. The van der Waals surface area contributed by atoms with Gasteiger partial charge in [0.15, 0.2) is 5.78 Å². The maximum atomic E-state index is 12.0. The van der Waals surface area contributed by atoms with Crippen molar-refractivity contribution in [2.24, 2.45) is 0 Å². The van der Waals surface area contributed by atoms with E-state index >= 15 is 0 Å². The van der Waals surface area contributed by atoms with Crippen LogP contribution in [0.15, 0.2) is 24.3 Å². The van der Waals surface area contributed by atoms with Crippen molar-refractivity contribution < 1.29 is 9.53 Å². The lowest BCUT2D eigenvalue weighted by Crippen LogP contribution is -2.23. The summed E-state index contributed by atoms with van der Waals surface area (Å²) in [6.07, 6.45) is 3.26. The molecule has 16 heavy (non-hydrogen) atoms. The lowest BCUT2D eigenvalue weighted by molar-refractivity contribution is -0.131. The van der Waals surface area contributed by atoms with E-state index in [-0.39, 0.29) is 11.9 Å². The molecule has 0 radical (unpaired) electrons. The lowest BCUT2D eigenvalue weighted by Gasteiger charge is -2.24. The summed E-state index contributed by atoms with van der Waals surface area (Å²) < 4.78 is 5.61. The molecule has 0 fully saturated rings. The van der Waals surface area contributed by atoms with Gasteiger partial charge in [-0.2, -0.15) is 0 Å². The molecule has 2 nitrogen and oxygen atoms in total. The fourth-order valence-corrected chi connectivity index (χ4v) is 2.14. The third-order valence-electron chi connectivity index (χ3n) is 3.06. The van der Waals surface area contributed by atoms with Crippen LogP contribution < -0.4 is 0 Å². The van der Waals surface area contributed by atoms with Crippen LogP contribution in [-0.4, -0.2) is 12.4 Å². The van der Waals surface area contributed by atoms with Gasteiger partial charge in [-0.1, -0.05) is 37.6 Å². The molecule has 0 aromatic heterocycles. The normalized spacial score (nSPS) is 19.2. The maximum absolute atomic E-state index is 12.0. The van der Waals surface area contributed by atoms with E-state index in [1.54, 1.807) is 0 Å². The fourth-order valence-electron chi connectivity index (χ4n) is 2.14. The van der Waals surface area contributed by atoms with Gasteiger partial charge in [-0.3, -0.25) is 4.79 Å². The summed E-state index contributed by atoms with van der Waals surface area (Å²) in [6, 6.07) is 8.12. The summed E-state index contributed by atoms with van der Waals surface area (Å²) in [6.45, 7) is 2.77. The quantitative estimate of drug-likeness (QED) is 0.776. The predicted molar refractivity (Wildman–Crippen MR) is 63.4 cm³/mol. The Morgan fingerprint density at radius 2 is 2.25 bits per heavy atom. The van der Waals surface area contributed by atoms with Gasteiger partial charge in [-0.15, -0.1) is 0 Å². The predicted octanol–water partition coefficient (Wildman–Crippen LogP) is 3.06. The molecule has 86 valence electrons. The number of ketones is 1. The van der Waals surface area contributed by atoms with Gasteiger partial charge >= 0.3 is 0 Å². The van der Waals surface area contributed by atoms with Crippen LogP contribution in [0.5, 0.6) is 0 Å². The molecule has 1 unspecified atom stereocenters. The molecule has 0 amide bonds. The second kappa shape index (κ2) is 5.26. The van der Waals surface area contributed by atoms with Crippen molar-refractivity contribution >= 4 is 5.78 Å². The van der Waals surface area contributed by atoms with Gasteiger partial charge in [0.2, 0.25) is 0 Å². The molecule has 2 heteroatoms. The number of rotatable bonds is 4. The molecule has 0 saturated carbocycles. The molecule has 0 bridgehead atoms. The largest absolute Gasteiger partial charge is 0.365 e. The highest BCUT2D eigenvalue weighted by atomic mass is 16.5. The first-order valence-electron chi connectivity index (χ1n) is 6.05. The summed E-state index contributed by atoms with van der Waals surface area (Å²) in [5.41, 5.74) is 2.35. The standard InChI is InChI=1S/C14H18O2/c1-2-3-8-13(15)14-12-7-5-4-6-11(12)9-10-16-14/h4-7,14H,2-3,8-10H2,1H3. The molecule has 0 spiro atoms. The van der Waals surface area contributed by atoms with E-state index in [0.29, 0.717) is 13.0 Å². The second-order valence-electron chi connectivity index (χ2n) is 4.27. The van der Waals surface area contributed by atoms with E-state index in [4.69, 9.17) is 4.74 Å². The van der Waals surface area contributed by atoms with Crippen molar-refractivity contribution in [3.63, 3.8) is 0 Å². The van der Waals surface area contributed by atoms with Crippen LogP contribution >= 0.6 is 0 Å². The summed E-state index contributed by atoms with van der Waals surface area (Å²) in [4.78, 5) is 12.0. The number of benzene rings is 1. The minimum absolute atomic E-state index is 0.231. The van der Waals surface area contributed by atoms with E-state index < -0.39 is 0 Å². The van der Waals surface area contributed by atoms with Crippen molar-refractivity contribution in [1.29, 1.82) is 0 Å². The Morgan fingerprint density at radius 3 is 3.06 bits per heavy atom. The zero-order valence-electron chi connectivity index (χ0n) is 9.74. The van der Waals surface area contributed by atoms with Crippen molar-refractivity contribution in [2.75, 3.05) is 6.61 Å². The number of unbranched alkanes of at least 4 members (excludes halogenated alkanes) is 1. The first kappa shape index (κ1) is 11.3. The van der Waals surface area contributed by atoms with Gasteiger partial charge in [-0.05, 0) is 24.0 Å². The molecule has 0 N–H and O–H groups in total. The first-order valence-corrected chi connectivity index (χ1v) is 6.05. The van der Waals surface area contributed by atoms with Gasteiger partial charge in [0.1, 0.15) is 6.10 Å². The van der Waals surface area contributed by atoms with Gasteiger partial charge in [0.05, 0.1) is 6.61 Å². The van der Waals surface area contributed by atoms with Crippen molar-refractivity contribution in [3.8, 4) is 0 Å². The Kier molecular flexibility index (Phi) is 3.73. The number of carbonyl (C=O) groups is 1.